The molecule has 20 heavy (non-hydrogen) atoms. The molecule has 0 fully saturated rings. The van der Waals surface area contributed by atoms with E-state index >= 15 is 0 Å². The Bertz CT molecular complexity index is 664. The lowest BCUT2D eigenvalue weighted by molar-refractivity contribution is 0.102. The fourth-order valence-corrected chi connectivity index (χ4v) is 2.34. The van der Waals surface area contributed by atoms with Crippen molar-refractivity contribution < 1.29 is 9.90 Å². The molecule has 2 aromatic rings. The zero-order valence-corrected chi connectivity index (χ0v) is 12.4. The van der Waals surface area contributed by atoms with Crippen molar-refractivity contribution >= 4 is 34.8 Å². The summed E-state index contributed by atoms with van der Waals surface area (Å²) in [6.45, 7) is 3.58. The number of amides is 1. The molecule has 2 N–H and O–H groups in total. The van der Waals surface area contributed by atoms with Gasteiger partial charge in [-0.15, -0.1) is 0 Å². The average Bonchev–Trinajstić information content (AvgIpc) is 2.33. The molecule has 0 aliphatic rings. The highest BCUT2D eigenvalue weighted by atomic mass is 35.5. The number of aromatic hydroxyl groups is 1. The molecule has 0 radical (unpaired) electrons. The van der Waals surface area contributed by atoms with Crippen LogP contribution in [0.15, 0.2) is 24.3 Å². The monoisotopic (exact) mass is 310 g/mol. The van der Waals surface area contributed by atoms with Gasteiger partial charge < -0.3 is 10.4 Å². The van der Waals surface area contributed by atoms with Crippen LogP contribution in [0.2, 0.25) is 10.3 Å². The number of halogens is 2. The van der Waals surface area contributed by atoms with Crippen LogP contribution in [0.25, 0.3) is 0 Å². The molecule has 1 heterocycles. The Morgan fingerprint density at radius 3 is 2.55 bits per heavy atom. The van der Waals surface area contributed by atoms with Crippen LogP contribution in [0.4, 0.5) is 5.69 Å². The van der Waals surface area contributed by atoms with Gasteiger partial charge in [0.2, 0.25) is 0 Å². The quantitative estimate of drug-likeness (QED) is 0.825. The second-order valence-corrected chi connectivity index (χ2v) is 5.15. The Kier molecular flexibility index (Phi) is 4.16. The normalized spacial score (nSPS) is 10.4. The molecule has 0 aliphatic heterocycles. The summed E-state index contributed by atoms with van der Waals surface area (Å²) in [5.41, 5.74) is 2.10. The van der Waals surface area contributed by atoms with Gasteiger partial charge in [-0.05, 0) is 43.2 Å². The highest BCUT2D eigenvalue weighted by molar-refractivity contribution is 6.35. The van der Waals surface area contributed by atoms with Crippen LogP contribution >= 0.6 is 23.2 Å². The molecule has 2 rings (SSSR count). The molecule has 0 bridgehead atoms. The topological polar surface area (TPSA) is 62.2 Å². The summed E-state index contributed by atoms with van der Waals surface area (Å²) in [7, 11) is 0. The van der Waals surface area contributed by atoms with Crippen molar-refractivity contribution in [2.45, 2.75) is 13.8 Å². The lowest BCUT2D eigenvalue weighted by Gasteiger charge is -2.11. The van der Waals surface area contributed by atoms with Crippen molar-refractivity contribution in [2.75, 3.05) is 5.32 Å². The fourth-order valence-electron chi connectivity index (χ4n) is 1.76. The summed E-state index contributed by atoms with van der Waals surface area (Å²) < 4.78 is 0. The summed E-state index contributed by atoms with van der Waals surface area (Å²) in [5, 5.41) is 12.8. The smallest absolute Gasteiger partial charge is 0.259 e. The van der Waals surface area contributed by atoms with Gasteiger partial charge in [-0.25, -0.2) is 4.98 Å². The molecule has 1 aromatic carbocycles. The summed E-state index contributed by atoms with van der Waals surface area (Å²) in [6, 6.07) is 6.40. The van der Waals surface area contributed by atoms with Crippen molar-refractivity contribution in [3.63, 3.8) is 0 Å². The van der Waals surface area contributed by atoms with Crippen molar-refractivity contribution in [3.8, 4) is 5.75 Å². The number of carbonyl (C=O) groups excluding carboxylic acids is 1. The number of phenolic OH excluding ortho intramolecular Hbond substituents is 1. The number of nitrogens with one attached hydrogen (secondary N) is 1. The number of anilines is 1. The Hall–Kier alpha value is -1.78. The minimum Gasteiger partial charge on any atom is -0.507 e. The molecule has 4 nitrogen and oxygen atoms in total. The van der Waals surface area contributed by atoms with E-state index in [1.54, 1.807) is 25.1 Å². The maximum atomic E-state index is 12.1. The van der Waals surface area contributed by atoms with Gasteiger partial charge >= 0.3 is 0 Å². The number of hydrogen-bond donors (Lipinski definition) is 2. The largest absolute Gasteiger partial charge is 0.507 e. The first-order valence-corrected chi connectivity index (χ1v) is 6.57. The number of carbonyl (C=O) groups is 1. The number of pyridine rings is 1. The van der Waals surface area contributed by atoms with Gasteiger partial charge in [0.15, 0.2) is 5.15 Å². The molecule has 0 aliphatic carbocycles. The van der Waals surface area contributed by atoms with Gasteiger partial charge in [-0.1, -0.05) is 29.3 Å². The Morgan fingerprint density at radius 2 is 1.95 bits per heavy atom. The Balaban J connectivity index is 2.33. The first-order chi connectivity index (χ1) is 9.38. The second-order valence-electron chi connectivity index (χ2n) is 4.40. The standard InChI is InChI=1S/C14H12Cl2N2O2/c1-7-3-4-9(10(19)5-7)14(20)18-12-8(2)6-11(15)17-13(12)16/h3-6,19H,1-2H3,(H,18,20). The fraction of sp³-hybridized carbons (Fsp3) is 0.143. The summed E-state index contributed by atoms with van der Waals surface area (Å²) in [6.07, 6.45) is 0. The van der Waals surface area contributed by atoms with Gasteiger partial charge in [0.1, 0.15) is 10.9 Å². The Morgan fingerprint density at radius 1 is 1.25 bits per heavy atom. The van der Waals surface area contributed by atoms with Gasteiger partial charge in [-0.3, -0.25) is 4.79 Å². The van der Waals surface area contributed by atoms with Crippen LogP contribution in [0.1, 0.15) is 21.5 Å². The first kappa shape index (κ1) is 14.6. The van der Waals surface area contributed by atoms with Gasteiger partial charge in [-0.2, -0.15) is 0 Å². The minimum absolute atomic E-state index is 0.0850. The first-order valence-electron chi connectivity index (χ1n) is 5.82. The van der Waals surface area contributed by atoms with Crippen LogP contribution in [-0.4, -0.2) is 16.0 Å². The van der Waals surface area contributed by atoms with E-state index in [0.29, 0.717) is 11.3 Å². The molecule has 0 saturated heterocycles. The molecule has 1 amide bonds. The third-order valence-electron chi connectivity index (χ3n) is 2.78. The number of aromatic nitrogens is 1. The molecule has 6 heteroatoms. The van der Waals surface area contributed by atoms with Crippen molar-refractivity contribution in [2.24, 2.45) is 0 Å². The van der Waals surface area contributed by atoms with E-state index in [4.69, 9.17) is 23.2 Å². The number of benzene rings is 1. The predicted octanol–water partition coefficient (Wildman–Crippen LogP) is 3.96. The second kappa shape index (κ2) is 5.69. The molecular formula is C14H12Cl2N2O2. The molecule has 0 spiro atoms. The molecule has 0 atom stereocenters. The molecule has 104 valence electrons. The predicted molar refractivity (Wildman–Crippen MR) is 79.8 cm³/mol. The average molecular weight is 311 g/mol. The third-order valence-corrected chi connectivity index (χ3v) is 3.24. The van der Waals surface area contributed by atoms with E-state index in [2.05, 4.69) is 10.3 Å². The lowest BCUT2D eigenvalue weighted by Crippen LogP contribution is -2.14. The minimum atomic E-state index is -0.461. The molecule has 0 unspecified atom stereocenters. The molecule has 0 saturated carbocycles. The number of phenols is 1. The van der Waals surface area contributed by atoms with E-state index in [1.807, 2.05) is 6.92 Å². The zero-order valence-electron chi connectivity index (χ0n) is 10.9. The number of hydrogen-bond acceptors (Lipinski definition) is 3. The highest BCUT2D eigenvalue weighted by Gasteiger charge is 2.15. The van der Waals surface area contributed by atoms with Crippen LogP contribution in [0, 0.1) is 13.8 Å². The third kappa shape index (κ3) is 3.03. The van der Waals surface area contributed by atoms with Crippen LogP contribution < -0.4 is 5.32 Å². The van der Waals surface area contributed by atoms with Crippen molar-refractivity contribution in [1.29, 1.82) is 0 Å². The molecular weight excluding hydrogens is 299 g/mol. The zero-order chi connectivity index (χ0) is 14.9. The Labute approximate surface area is 126 Å². The highest BCUT2D eigenvalue weighted by Crippen LogP contribution is 2.28. The maximum absolute atomic E-state index is 12.1. The van der Waals surface area contributed by atoms with Gasteiger partial charge in [0.25, 0.3) is 5.91 Å². The summed E-state index contributed by atoms with van der Waals surface area (Å²) >= 11 is 11.7. The van der Waals surface area contributed by atoms with Crippen LogP contribution in [0.3, 0.4) is 0 Å². The number of nitrogens with zero attached hydrogens (tertiary/aromatic N) is 1. The van der Waals surface area contributed by atoms with E-state index in [-0.39, 0.29) is 21.6 Å². The van der Waals surface area contributed by atoms with Crippen molar-refractivity contribution in [3.05, 3.63) is 51.3 Å². The van der Waals surface area contributed by atoms with E-state index in [9.17, 15) is 9.90 Å². The van der Waals surface area contributed by atoms with Gasteiger partial charge in [0.05, 0.1) is 11.3 Å². The SMILES string of the molecule is Cc1ccc(C(=O)Nc2c(C)cc(Cl)nc2Cl)c(O)c1. The number of rotatable bonds is 2. The van der Waals surface area contributed by atoms with E-state index in [0.717, 1.165) is 5.56 Å². The number of aryl methyl sites for hydroxylation is 2. The van der Waals surface area contributed by atoms with Gasteiger partial charge in [0, 0.05) is 0 Å². The van der Waals surface area contributed by atoms with E-state index < -0.39 is 5.91 Å². The summed E-state index contributed by atoms with van der Waals surface area (Å²) in [5.74, 6) is -0.546. The van der Waals surface area contributed by atoms with Crippen LogP contribution in [0.5, 0.6) is 5.75 Å². The van der Waals surface area contributed by atoms with E-state index in [1.165, 1.54) is 6.07 Å². The maximum Gasteiger partial charge on any atom is 0.259 e. The molecule has 1 aromatic heterocycles. The van der Waals surface area contributed by atoms with Crippen molar-refractivity contribution in [1.82, 2.24) is 4.98 Å². The van der Waals surface area contributed by atoms with Crippen LogP contribution in [-0.2, 0) is 0 Å². The summed E-state index contributed by atoms with van der Waals surface area (Å²) in [4.78, 5) is 16.0. The lowest BCUT2D eigenvalue weighted by atomic mass is 10.1.